The molecule has 74 valence electrons. The van der Waals surface area contributed by atoms with Crippen molar-refractivity contribution in [2.24, 2.45) is 0 Å². The summed E-state index contributed by atoms with van der Waals surface area (Å²) in [5.41, 5.74) is 0.189. The van der Waals surface area contributed by atoms with Crippen LogP contribution in [0.3, 0.4) is 0 Å². The molecule has 5 heteroatoms. The minimum Gasteiger partial charge on any atom is -0.330 e. The molecule has 1 amide bonds. The summed E-state index contributed by atoms with van der Waals surface area (Å²) in [5.74, 6) is -0.244. The van der Waals surface area contributed by atoms with Crippen LogP contribution in [0.1, 0.15) is 10.5 Å². The van der Waals surface area contributed by atoms with E-state index >= 15 is 0 Å². The first kappa shape index (κ1) is 10.2. The van der Waals surface area contributed by atoms with Crippen molar-refractivity contribution in [2.75, 3.05) is 13.1 Å². The molecule has 0 aliphatic rings. The summed E-state index contributed by atoms with van der Waals surface area (Å²) in [5, 5.41) is 6.82. The van der Waals surface area contributed by atoms with Crippen molar-refractivity contribution in [3.05, 3.63) is 37.2 Å². The van der Waals surface area contributed by atoms with E-state index in [1.54, 1.807) is 12.2 Å². The maximum absolute atomic E-state index is 11.7. The Morgan fingerprint density at radius 3 is 2.57 bits per heavy atom. The van der Waals surface area contributed by atoms with Crippen LogP contribution in [-0.2, 0) is 0 Å². The fourth-order valence-electron chi connectivity index (χ4n) is 0.973. The molecule has 0 aromatic carbocycles. The van der Waals surface area contributed by atoms with Crippen molar-refractivity contribution < 1.29 is 9.42 Å². The van der Waals surface area contributed by atoms with Crippen molar-refractivity contribution >= 4 is 5.91 Å². The average Bonchev–Trinajstić information content (AvgIpc) is 2.69. The van der Waals surface area contributed by atoms with E-state index in [1.165, 1.54) is 11.1 Å². The van der Waals surface area contributed by atoms with Crippen molar-refractivity contribution in [1.82, 2.24) is 15.2 Å². The second kappa shape index (κ2) is 4.96. The number of hydrogen-bond acceptors (Lipinski definition) is 4. The molecule has 0 aliphatic heterocycles. The maximum atomic E-state index is 11.7. The van der Waals surface area contributed by atoms with Crippen LogP contribution in [0.25, 0.3) is 0 Å². The number of nitrogens with zero attached hydrogens (tertiary/aromatic N) is 3. The molecule has 14 heavy (non-hydrogen) atoms. The Morgan fingerprint density at radius 1 is 1.50 bits per heavy atom. The van der Waals surface area contributed by atoms with Crippen molar-refractivity contribution in [3.8, 4) is 0 Å². The van der Waals surface area contributed by atoms with Gasteiger partial charge in [-0.2, -0.15) is 0 Å². The summed E-state index contributed by atoms with van der Waals surface area (Å²) in [6, 6.07) is 0. The minimum atomic E-state index is -0.244. The van der Waals surface area contributed by atoms with Gasteiger partial charge in [0.25, 0.3) is 5.91 Å². The molecule has 0 unspecified atom stereocenters. The van der Waals surface area contributed by atoms with Crippen LogP contribution in [0.4, 0.5) is 0 Å². The van der Waals surface area contributed by atoms with Gasteiger partial charge in [-0.3, -0.25) is 4.79 Å². The first-order valence-electron chi connectivity index (χ1n) is 4.08. The van der Waals surface area contributed by atoms with E-state index < -0.39 is 0 Å². The Bertz CT molecular complexity index is 309. The molecule has 0 bridgehead atoms. The summed E-state index contributed by atoms with van der Waals surface area (Å²) in [4.78, 5) is 13.2. The zero-order chi connectivity index (χ0) is 10.4. The normalized spacial score (nSPS) is 9.43. The Balaban J connectivity index is 2.72. The topological polar surface area (TPSA) is 59.2 Å². The van der Waals surface area contributed by atoms with E-state index in [9.17, 15) is 4.79 Å². The van der Waals surface area contributed by atoms with Gasteiger partial charge in [0.1, 0.15) is 6.20 Å². The molecular weight excluding hydrogens is 182 g/mol. The fourth-order valence-corrected chi connectivity index (χ4v) is 0.973. The van der Waals surface area contributed by atoms with E-state index in [0.29, 0.717) is 13.1 Å². The van der Waals surface area contributed by atoms with Gasteiger partial charge in [-0.05, 0) is 5.16 Å². The zero-order valence-corrected chi connectivity index (χ0v) is 7.72. The number of rotatable bonds is 5. The highest BCUT2D eigenvalue weighted by molar-refractivity contribution is 5.91. The first-order valence-corrected chi connectivity index (χ1v) is 4.08. The second-order valence-electron chi connectivity index (χ2n) is 2.58. The summed E-state index contributed by atoms with van der Waals surface area (Å²) in [6.45, 7) is 8.00. The molecule has 1 rings (SSSR count). The van der Waals surface area contributed by atoms with E-state index in [4.69, 9.17) is 0 Å². The number of carbonyl (C=O) groups is 1. The molecule has 5 nitrogen and oxygen atoms in total. The average molecular weight is 193 g/mol. The standard InChI is InChI=1S/C9H11N3O2/c1-3-5-12(6-4-2)9(13)8-7-10-14-11-8/h3-4,7H,1-2,5-6H2. The molecule has 0 fully saturated rings. The predicted octanol–water partition coefficient (Wildman–Crippen LogP) is 0.884. The maximum Gasteiger partial charge on any atom is 0.278 e. The lowest BCUT2D eigenvalue weighted by molar-refractivity contribution is 0.0780. The van der Waals surface area contributed by atoms with Crippen LogP contribution in [0.2, 0.25) is 0 Å². The lowest BCUT2D eigenvalue weighted by atomic mass is 10.3. The smallest absolute Gasteiger partial charge is 0.278 e. The summed E-state index contributed by atoms with van der Waals surface area (Å²) >= 11 is 0. The molecule has 0 N–H and O–H groups in total. The van der Waals surface area contributed by atoms with Gasteiger partial charge in [0, 0.05) is 13.1 Å². The van der Waals surface area contributed by atoms with Gasteiger partial charge in [-0.1, -0.05) is 17.3 Å². The molecule has 1 aromatic rings. The van der Waals surface area contributed by atoms with E-state index in [0.717, 1.165) is 0 Å². The van der Waals surface area contributed by atoms with Crippen LogP contribution in [0, 0.1) is 0 Å². The third kappa shape index (κ3) is 2.29. The quantitative estimate of drug-likeness (QED) is 0.651. The number of carbonyl (C=O) groups excluding carboxylic acids is 1. The number of amides is 1. The van der Waals surface area contributed by atoms with Crippen LogP contribution in [0.15, 0.2) is 36.1 Å². The van der Waals surface area contributed by atoms with Gasteiger partial charge >= 0.3 is 0 Å². The van der Waals surface area contributed by atoms with Crippen molar-refractivity contribution in [1.29, 1.82) is 0 Å². The van der Waals surface area contributed by atoms with Crippen molar-refractivity contribution in [3.63, 3.8) is 0 Å². The van der Waals surface area contributed by atoms with E-state index in [2.05, 4.69) is 28.1 Å². The third-order valence-electron chi connectivity index (χ3n) is 1.57. The third-order valence-corrected chi connectivity index (χ3v) is 1.57. The predicted molar refractivity (Wildman–Crippen MR) is 50.6 cm³/mol. The van der Waals surface area contributed by atoms with Gasteiger partial charge in [0.05, 0.1) is 0 Å². The molecule has 0 spiro atoms. The summed E-state index contributed by atoms with van der Waals surface area (Å²) in [6.07, 6.45) is 4.55. The van der Waals surface area contributed by atoms with Gasteiger partial charge < -0.3 is 4.90 Å². The fraction of sp³-hybridized carbons (Fsp3) is 0.222. The largest absolute Gasteiger partial charge is 0.330 e. The van der Waals surface area contributed by atoms with Gasteiger partial charge in [0.15, 0.2) is 5.69 Å². The SMILES string of the molecule is C=CCN(CC=C)C(=O)c1cnon1. The van der Waals surface area contributed by atoms with Crippen LogP contribution in [-0.4, -0.2) is 34.2 Å². The highest BCUT2D eigenvalue weighted by Gasteiger charge is 2.16. The van der Waals surface area contributed by atoms with Crippen LogP contribution >= 0.6 is 0 Å². The number of hydrogen-bond donors (Lipinski definition) is 0. The van der Waals surface area contributed by atoms with Gasteiger partial charge in [0.2, 0.25) is 0 Å². The molecule has 1 aromatic heterocycles. The Morgan fingerprint density at radius 2 is 2.14 bits per heavy atom. The van der Waals surface area contributed by atoms with E-state index in [-0.39, 0.29) is 11.6 Å². The molecule has 0 aliphatic carbocycles. The molecular formula is C9H11N3O2. The zero-order valence-electron chi connectivity index (χ0n) is 7.72. The molecule has 0 radical (unpaired) electrons. The van der Waals surface area contributed by atoms with Crippen LogP contribution < -0.4 is 0 Å². The van der Waals surface area contributed by atoms with Gasteiger partial charge in [-0.25, -0.2) is 4.63 Å². The summed E-state index contributed by atoms with van der Waals surface area (Å²) in [7, 11) is 0. The van der Waals surface area contributed by atoms with Crippen molar-refractivity contribution in [2.45, 2.75) is 0 Å². The molecule has 0 atom stereocenters. The molecule has 0 saturated heterocycles. The Labute approximate surface area is 81.7 Å². The van der Waals surface area contributed by atoms with Gasteiger partial charge in [-0.15, -0.1) is 13.2 Å². The minimum absolute atomic E-state index is 0.189. The highest BCUT2D eigenvalue weighted by Crippen LogP contribution is 2.00. The monoisotopic (exact) mass is 193 g/mol. The lowest BCUT2D eigenvalue weighted by Gasteiger charge is -2.16. The van der Waals surface area contributed by atoms with E-state index in [1.807, 2.05) is 0 Å². The summed E-state index contributed by atoms with van der Waals surface area (Å²) < 4.78 is 4.34. The van der Waals surface area contributed by atoms with Crippen LogP contribution in [0.5, 0.6) is 0 Å². The Hall–Kier alpha value is -1.91. The Kier molecular flexibility index (Phi) is 3.60. The molecule has 1 heterocycles. The lowest BCUT2D eigenvalue weighted by Crippen LogP contribution is -2.31. The second-order valence-corrected chi connectivity index (χ2v) is 2.58. The molecule has 0 saturated carbocycles. The highest BCUT2D eigenvalue weighted by atomic mass is 16.6. The first-order chi connectivity index (χ1) is 6.79. The number of aromatic nitrogens is 2.